The molecule has 2 N–H and O–H groups in total. The quantitative estimate of drug-likeness (QED) is 0.920. The Balaban J connectivity index is 1.77. The summed E-state index contributed by atoms with van der Waals surface area (Å²) in [7, 11) is 2.22. The van der Waals surface area contributed by atoms with E-state index >= 15 is 0 Å². The van der Waals surface area contributed by atoms with Crippen LogP contribution in [0.4, 0.5) is 5.69 Å². The molecule has 1 saturated heterocycles. The van der Waals surface area contributed by atoms with Crippen LogP contribution in [0.2, 0.25) is 0 Å². The van der Waals surface area contributed by atoms with E-state index in [1.165, 1.54) is 43.4 Å². The summed E-state index contributed by atoms with van der Waals surface area (Å²) in [4.78, 5) is 2.44. The zero-order chi connectivity index (χ0) is 14.0. The van der Waals surface area contributed by atoms with Crippen molar-refractivity contribution in [2.45, 2.75) is 56.7 Å². The first-order chi connectivity index (χ1) is 9.74. The molecule has 1 spiro atoms. The summed E-state index contributed by atoms with van der Waals surface area (Å²) in [5, 5.41) is 0. The SMILES string of the molecule is CN(c1ccccc1CN)C1CCOC2(CCCC2)C1. The van der Waals surface area contributed by atoms with Crippen LogP contribution in [0.25, 0.3) is 0 Å². The molecular formula is C17H26N2O. The second kappa shape index (κ2) is 5.74. The number of nitrogens with two attached hydrogens (primary N) is 1. The Bertz CT molecular complexity index is 454. The van der Waals surface area contributed by atoms with Gasteiger partial charge in [0.15, 0.2) is 0 Å². The van der Waals surface area contributed by atoms with Crippen molar-refractivity contribution in [2.24, 2.45) is 5.73 Å². The van der Waals surface area contributed by atoms with Crippen molar-refractivity contribution in [3.63, 3.8) is 0 Å². The molecule has 1 unspecified atom stereocenters. The van der Waals surface area contributed by atoms with Gasteiger partial charge in [-0.3, -0.25) is 0 Å². The van der Waals surface area contributed by atoms with Crippen LogP contribution in [0.1, 0.15) is 44.1 Å². The van der Waals surface area contributed by atoms with E-state index in [9.17, 15) is 0 Å². The van der Waals surface area contributed by atoms with Crippen LogP contribution in [0, 0.1) is 0 Å². The number of anilines is 1. The molecule has 0 amide bonds. The van der Waals surface area contributed by atoms with Crippen LogP contribution in [0.15, 0.2) is 24.3 Å². The van der Waals surface area contributed by atoms with Crippen molar-refractivity contribution in [1.29, 1.82) is 0 Å². The Morgan fingerprint density at radius 3 is 2.80 bits per heavy atom. The molecule has 20 heavy (non-hydrogen) atoms. The lowest BCUT2D eigenvalue weighted by Gasteiger charge is -2.43. The van der Waals surface area contributed by atoms with E-state index in [0.29, 0.717) is 12.6 Å². The zero-order valence-corrected chi connectivity index (χ0v) is 12.5. The molecule has 3 rings (SSSR count). The monoisotopic (exact) mass is 274 g/mol. The maximum atomic E-state index is 6.15. The molecule has 1 aliphatic carbocycles. The first-order valence-electron chi connectivity index (χ1n) is 7.89. The van der Waals surface area contributed by atoms with E-state index < -0.39 is 0 Å². The lowest BCUT2D eigenvalue weighted by atomic mass is 9.88. The highest BCUT2D eigenvalue weighted by Gasteiger charge is 2.41. The largest absolute Gasteiger partial charge is 0.375 e. The fourth-order valence-electron chi connectivity index (χ4n) is 3.92. The average Bonchev–Trinajstić information content (AvgIpc) is 2.94. The van der Waals surface area contributed by atoms with Gasteiger partial charge in [-0.05, 0) is 37.3 Å². The Labute approximate surface area is 122 Å². The van der Waals surface area contributed by atoms with E-state index in [4.69, 9.17) is 10.5 Å². The first-order valence-corrected chi connectivity index (χ1v) is 7.89. The number of hydrogen-bond donors (Lipinski definition) is 1. The van der Waals surface area contributed by atoms with Gasteiger partial charge in [-0.15, -0.1) is 0 Å². The lowest BCUT2D eigenvalue weighted by Crippen LogP contribution is -2.46. The molecule has 3 nitrogen and oxygen atoms in total. The van der Waals surface area contributed by atoms with Gasteiger partial charge in [-0.2, -0.15) is 0 Å². The molecule has 1 heterocycles. The highest BCUT2D eigenvalue weighted by Crippen LogP contribution is 2.41. The second-order valence-electron chi connectivity index (χ2n) is 6.33. The van der Waals surface area contributed by atoms with Gasteiger partial charge in [0, 0.05) is 31.9 Å². The van der Waals surface area contributed by atoms with Crippen LogP contribution in [0.3, 0.4) is 0 Å². The minimum absolute atomic E-state index is 0.175. The molecule has 1 aromatic carbocycles. The molecule has 0 bridgehead atoms. The number of nitrogens with zero attached hydrogens (tertiary/aromatic N) is 1. The van der Waals surface area contributed by atoms with Crippen LogP contribution in [-0.4, -0.2) is 25.3 Å². The Kier molecular flexibility index (Phi) is 3.99. The third-order valence-corrected chi connectivity index (χ3v) is 5.12. The summed E-state index contributed by atoms with van der Waals surface area (Å²) < 4.78 is 6.15. The predicted octanol–water partition coefficient (Wildman–Crippen LogP) is 3.07. The Morgan fingerprint density at radius 2 is 2.05 bits per heavy atom. The number of rotatable bonds is 3. The van der Waals surface area contributed by atoms with Gasteiger partial charge >= 0.3 is 0 Å². The summed E-state index contributed by atoms with van der Waals surface area (Å²) in [6.07, 6.45) is 7.44. The maximum Gasteiger partial charge on any atom is 0.0702 e. The summed E-state index contributed by atoms with van der Waals surface area (Å²) in [5.74, 6) is 0. The van der Waals surface area contributed by atoms with Gasteiger partial charge in [-0.25, -0.2) is 0 Å². The van der Waals surface area contributed by atoms with Gasteiger partial charge in [0.25, 0.3) is 0 Å². The minimum Gasteiger partial charge on any atom is -0.375 e. The normalized spacial score (nSPS) is 25.0. The zero-order valence-electron chi connectivity index (χ0n) is 12.5. The van der Waals surface area contributed by atoms with Gasteiger partial charge in [-0.1, -0.05) is 31.0 Å². The molecule has 0 aromatic heterocycles. The summed E-state index contributed by atoms with van der Waals surface area (Å²) in [6, 6.07) is 9.09. The molecule has 1 atom stereocenters. The molecule has 0 radical (unpaired) electrons. The second-order valence-corrected chi connectivity index (χ2v) is 6.33. The summed E-state index contributed by atoms with van der Waals surface area (Å²) in [5.41, 5.74) is 8.58. The summed E-state index contributed by atoms with van der Waals surface area (Å²) >= 11 is 0. The van der Waals surface area contributed by atoms with E-state index in [2.05, 4.69) is 36.2 Å². The fraction of sp³-hybridized carbons (Fsp3) is 0.647. The van der Waals surface area contributed by atoms with Crippen LogP contribution < -0.4 is 10.6 Å². The highest BCUT2D eigenvalue weighted by atomic mass is 16.5. The van der Waals surface area contributed by atoms with Crippen molar-refractivity contribution in [3.8, 4) is 0 Å². The molecular weight excluding hydrogens is 248 g/mol. The number of benzene rings is 1. The number of hydrogen-bond acceptors (Lipinski definition) is 3. The molecule has 1 aromatic rings. The molecule has 2 fully saturated rings. The van der Waals surface area contributed by atoms with Crippen LogP contribution >= 0.6 is 0 Å². The van der Waals surface area contributed by atoms with Crippen molar-refractivity contribution in [3.05, 3.63) is 29.8 Å². The fourth-order valence-corrected chi connectivity index (χ4v) is 3.92. The van der Waals surface area contributed by atoms with Crippen molar-refractivity contribution >= 4 is 5.69 Å². The minimum atomic E-state index is 0.175. The van der Waals surface area contributed by atoms with E-state index in [1.54, 1.807) is 0 Å². The first kappa shape index (κ1) is 13.9. The van der Waals surface area contributed by atoms with Gasteiger partial charge in [0.05, 0.1) is 5.60 Å². The summed E-state index contributed by atoms with van der Waals surface area (Å²) in [6.45, 7) is 1.51. The Morgan fingerprint density at radius 1 is 1.30 bits per heavy atom. The van der Waals surface area contributed by atoms with E-state index in [-0.39, 0.29) is 5.60 Å². The highest BCUT2D eigenvalue weighted by molar-refractivity contribution is 5.53. The third-order valence-electron chi connectivity index (χ3n) is 5.12. The van der Waals surface area contributed by atoms with Gasteiger partial charge < -0.3 is 15.4 Å². The van der Waals surface area contributed by atoms with Crippen molar-refractivity contribution in [2.75, 3.05) is 18.6 Å². The topological polar surface area (TPSA) is 38.5 Å². The van der Waals surface area contributed by atoms with Gasteiger partial charge in [0.2, 0.25) is 0 Å². The molecule has 2 aliphatic rings. The number of para-hydroxylation sites is 1. The van der Waals surface area contributed by atoms with E-state index in [0.717, 1.165) is 13.0 Å². The van der Waals surface area contributed by atoms with Crippen molar-refractivity contribution < 1.29 is 4.74 Å². The molecule has 1 saturated carbocycles. The van der Waals surface area contributed by atoms with E-state index in [1.807, 2.05) is 0 Å². The predicted molar refractivity (Wildman–Crippen MR) is 82.9 cm³/mol. The molecule has 1 aliphatic heterocycles. The van der Waals surface area contributed by atoms with Crippen molar-refractivity contribution in [1.82, 2.24) is 0 Å². The third kappa shape index (κ3) is 2.57. The smallest absolute Gasteiger partial charge is 0.0702 e. The molecule has 3 heteroatoms. The average molecular weight is 274 g/mol. The lowest BCUT2D eigenvalue weighted by molar-refractivity contribution is -0.0795. The van der Waals surface area contributed by atoms with Gasteiger partial charge in [0.1, 0.15) is 0 Å². The number of ether oxygens (including phenoxy) is 1. The maximum absolute atomic E-state index is 6.15. The molecule has 110 valence electrons. The Hall–Kier alpha value is -1.06. The van der Waals surface area contributed by atoms with Crippen LogP contribution in [0.5, 0.6) is 0 Å². The van der Waals surface area contributed by atoms with Crippen LogP contribution in [-0.2, 0) is 11.3 Å². The standard InChI is InChI=1S/C17H26N2O/c1-19(16-7-3-2-6-14(16)13-18)15-8-11-20-17(12-15)9-4-5-10-17/h2-3,6-7,15H,4-5,8-13,18H2,1H3.